The van der Waals surface area contributed by atoms with E-state index in [-0.39, 0.29) is 4.65 Å². The van der Waals surface area contributed by atoms with Crippen LogP contribution in [0.4, 0.5) is 0 Å². The molecular formula is C8H17BS. The Balaban J connectivity index is 3.87. The van der Waals surface area contributed by atoms with Crippen LogP contribution in [0, 0.1) is 11.8 Å². The van der Waals surface area contributed by atoms with E-state index in [0.29, 0.717) is 11.8 Å². The van der Waals surface area contributed by atoms with Gasteiger partial charge in [0, 0.05) is 0 Å². The second-order valence-electron chi connectivity index (χ2n) is 3.74. The molecule has 0 amide bonds. The summed E-state index contributed by atoms with van der Waals surface area (Å²) in [5.74, 6) is 1.07. The molecular weight excluding hydrogens is 139 g/mol. The lowest BCUT2D eigenvalue weighted by atomic mass is 9.72. The number of thiol groups is 1. The summed E-state index contributed by atoms with van der Waals surface area (Å²) in [5.41, 5.74) is 0. The van der Waals surface area contributed by atoms with Crippen molar-refractivity contribution in [2.24, 2.45) is 11.8 Å². The highest BCUT2D eigenvalue weighted by atomic mass is 32.1. The van der Waals surface area contributed by atoms with Crippen molar-refractivity contribution in [2.75, 3.05) is 0 Å². The zero-order chi connectivity index (χ0) is 8.36. The number of rotatable bonds is 3. The Kier molecular flexibility index (Phi) is 3.86. The van der Waals surface area contributed by atoms with E-state index < -0.39 is 0 Å². The second-order valence-corrected chi connectivity index (χ2v) is 4.58. The van der Waals surface area contributed by atoms with Crippen molar-refractivity contribution in [3.05, 3.63) is 0 Å². The van der Waals surface area contributed by atoms with Gasteiger partial charge in [0.1, 0.15) is 0 Å². The van der Waals surface area contributed by atoms with Crippen LogP contribution in [0.1, 0.15) is 34.1 Å². The SMILES string of the molecule is [B]C(S)(CC(C)C)C(C)C. The molecule has 0 spiro atoms. The van der Waals surface area contributed by atoms with E-state index in [4.69, 9.17) is 7.85 Å². The molecule has 0 bridgehead atoms. The third kappa shape index (κ3) is 3.55. The van der Waals surface area contributed by atoms with Gasteiger partial charge in [0.25, 0.3) is 0 Å². The monoisotopic (exact) mass is 156 g/mol. The summed E-state index contributed by atoms with van der Waals surface area (Å²) in [6.07, 6.45) is 0.980. The Morgan fingerprint density at radius 3 is 1.80 bits per heavy atom. The average molecular weight is 156 g/mol. The molecule has 0 aliphatic carbocycles. The molecule has 1 unspecified atom stereocenters. The maximum absolute atomic E-state index is 5.92. The van der Waals surface area contributed by atoms with Gasteiger partial charge in [0.15, 0.2) is 0 Å². The summed E-state index contributed by atoms with van der Waals surface area (Å²) < 4.78 is -0.284. The molecule has 0 aliphatic heterocycles. The molecule has 2 radical (unpaired) electrons. The van der Waals surface area contributed by atoms with Crippen LogP contribution in [0.5, 0.6) is 0 Å². The molecule has 0 aromatic rings. The van der Waals surface area contributed by atoms with Crippen molar-refractivity contribution in [1.29, 1.82) is 0 Å². The van der Waals surface area contributed by atoms with Crippen LogP contribution < -0.4 is 0 Å². The van der Waals surface area contributed by atoms with Crippen LogP contribution in [0.3, 0.4) is 0 Å². The standard InChI is InChI=1S/C8H17BS/c1-6(2)5-8(9,10)7(3)4/h6-7,10H,5H2,1-4H3. The van der Waals surface area contributed by atoms with Gasteiger partial charge in [0.05, 0.1) is 7.85 Å². The van der Waals surface area contributed by atoms with Crippen LogP contribution >= 0.6 is 12.6 Å². The van der Waals surface area contributed by atoms with E-state index in [9.17, 15) is 0 Å². The summed E-state index contributed by atoms with van der Waals surface area (Å²) in [6, 6.07) is 0. The topological polar surface area (TPSA) is 0 Å². The molecule has 1 atom stereocenters. The molecule has 0 aromatic carbocycles. The Bertz CT molecular complexity index is 97.4. The van der Waals surface area contributed by atoms with E-state index in [1.54, 1.807) is 0 Å². The van der Waals surface area contributed by atoms with Crippen LogP contribution in [0.2, 0.25) is 0 Å². The van der Waals surface area contributed by atoms with Crippen LogP contribution in [0.15, 0.2) is 0 Å². The molecule has 10 heavy (non-hydrogen) atoms. The largest absolute Gasteiger partial charge is 0.182 e. The van der Waals surface area contributed by atoms with Gasteiger partial charge in [-0.1, -0.05) is 27.7 Å². The minimum atomic E-state index is -0.284. The lowest BCUT2D eigenvalue weighted by molar-refractivity contribution is 0.455. The molecule has 0 N–H and O–H groups in total. The van der Waals surface area contributed by atoms with Gasteiger partial charge in [-0.2, -0.15) is 12.6 Å². The predicted molar refractivity (Wildman–Crippen MR) is 51.8 cm³/mol. The average Bonchev–Trinajstić information content (AvgIpc) is 1.60. The third-order valence-corrected chi connectivity index (χ3v) is 2.43. The minimum absolute atomic E-state index is 0.284. The third-order valence-electron chi connectivity index (χ3n) is 1.74. The van der Waals surface area contributed by atoms with Crippen molar-refractivity contribution in [3.63, 3.8) is 0 Å². The molecule has 0 heterocycles. The predicted octanol–water partition coefficient (Wildman–Crippen LogP) is 2.48. The highest BCUT2D eigenvalue weighted by molar-refractivity contribution is 7.83. The lowest BCUT2D eigenvalue weighted by Crippen LogP contribution is -2.30. The highest BCUT2D eigenvalue weighted by Gasteiger charge is 2.23. The molecule has 0 rings (SSSR count). The summed E-state index contributed by atoms with van der Waals surface area (Å²) >= 11 is 4.40. The molecule has 58 valence electrons. The molecule has 0 aromatic heterocycles. The van der Waals surface area contributed by atoms with E-state index >= 15 is 0 Å². The zero-order valence-corrected chi connectivity index (χ0v) is 8.28. The van der Waals surface area contributed by atoms with Gasteiger partial charge in [-0.25, -0.2) is 0 Å². The fraction of sp³-hybridized carbons (Fsp3) is 1.00. The maximum atomic E-state index is 5.92. The van der Waals surface area contributed by atoms with Crippen molar-refractivity contribution in [3.8, 4) is 0 Å². The van der Waals surface area contributed by atoms with Crippen molar-refractivity contribution >= 4 is 20.5 Å². The maximum Gasteiger partial charge on any atom is 0.0893 e. The summed E-state index contributed by atoms with van der Waals surface area (Å²) in [7, 11) is 5.92. The Morgan fingerprint density at radius 2 is 1.70 bits per heavy atom. The van der Waals surface area contributed by atoms with E-state index in [0.717, 1.165) is 6.42 Å². The van der Waals surface area contributed by atoms with Gasteiger partial charge in [-0.15, -0.1) is 0 Å². The molecule has 2 heteroatoms. The minimum Gasteiger partial charge on any atom is -0.182 e. The first-order chi connectivity index (χ1) is 4.36. The van der Waals surface area contributed by atoms with Gasteiger partial charge in [-0.05, 0) is 22.9 Å². The fourth-order valence-electron chi connectivity index (χ4n) is 0.890. The van der Waals surface area contributed by atoms with Crippen molar-refractivity contribution in [1.82, 2.24) is 0 Å². The van der Waals surface area contributed by atoms with E-state index in [1.165, 1.54) is 0 Å². The van der Waals surface area contributed by atoms with Crippen LogP contribution in [-0.2, 0) is 0 Å². The van der Waals surface area contributed by atoms with Crippen molar-refractivity contribution < 1.29 is 0 Å². The van der Waals surface area contributed by atoms with Gasteiger partial charge >= 0.3 is 0 Å². The second kappa shape index (κ2) is 3.70. The first-order valence-corrected chi connectivity index (χ1v) is 4.32. The summed E-state index contributed by atoms with van der Waals surface area (Å²) in [4.78, 5) is 0. The summed E-state index contributed by atoms with van der Waals surface area (Å²) in [6.45, 7) is 8.55. The van der Waals surface area contributed by atoms with Gasteiger partial charge in [0.2, 0.25) is 0 Å². The Hall–Kier alpha value is 0.415. The van der Waals surface area contributed by atoms with Crippen LogP contribution in [-0.4, -0.2) is 12.5 Å². The number of hydrogen-bond donors (Lipinski definition) is 1. The quantitative estimate of drug-likeness (QED) is 0.471. The molecule has 0 nitrogen and oxygen atoms in total. The van der Waals surface area contributed by atoms with Crippen LogP contribution in [0.25, 0.3) is 0 Å². The van der Waals surface area contributed by atoms with Gasteiger partial charge in [-0.3, -0.25) is 0 Å². The zero-order valence-electron chi connectivity index (χ0n) is 7.39. The molecule has 0 saturated heterocycles. The fourth-order valence-corrected chi connectivity index (χ4v) is 1.25. The molecule has 0 fully saturated rings. The van der Waals surface area contributed by atoms with E-state index in [1.807, 2.05) is 0 Å². The number of hydrogen-bond acceptors (Lipinski definition) is 1. The van der Waals surface area contributed by atoms with Crippen molar-refractivity contribution in [2.45, 2.75) is 38.8 Å². The van der Waals surface area contributed by atoms with Gasteiger partial charge < -0.3 is 0 Å². The first-order valence-electron chi connectivity index (χ1n) is 3.87. The highest BCUT2D eigenvalue weighted by Crippen LogP contribution is 2.27. The smallest absolute Gasteiger partial charge is 0.0893 e. The molecule has 0 aliphatic rings. The molecule has 0 saturated carbocycles. The first kappa shape index (κ1) is 10.4. The lowest BCUT2D eigenvalue weighted by Gasteiger charge is -2.30. The normalized spacial score (nSPS) is 17.9. The Morgan fingerprint density at radius 1 is 1.30 bits per heavy atom. The Labute approximate surface area is 71.6 Å². The summed E-state index contributed by atoms with van der Waals surface area (Å²) in [5, 5.41) is 0. The van der Waals surface area contributed by atoms with E-state index in [2.05, 4.69) is 40.3 Å².